The lowest BCUT2D eigenvalue weighted by molar-refractivity contribution is -0.143. The molecule has 0 fully saturated rings. The lowest BCUT2D eigenvalue weighted by Gasteiger charge is -2.29. The molecule has 0 saturated heterocycles. The van der Waals surface area contributed by atoms with Crippen molar-refractivity contribution in [3.63, 3.8) is 0 Å². The Hall–Kier alpha value is -1.10. The molecule has 1 amide bonds. The van der Waals surface area contributed by atoms with Crippen molar-refractivity contribution in [3.05, 3.63) is 0 Å². The van der Waals surface area contributed by atoms with Gasteiger partial charge in [-0.05, 0) is 38.8 Å². The van der Waals surface area contributed by atoms with Crippen molar-refractivity contribution in [3.8, 4) is 0 Å². The molecule has 2 unspecified atom stereocenters. The normalized spacial score (nSPS) is 14.5. The van der Waals surface area contributed by atoms with Crippen molar-refractivity contribution in [2.24, 2.45) is 5.92 Å². The van der Waals surface area contributed by atoms with Gasteiger partial charge < -0.3 is 10.4 Å². The van der Waals surface area contributed by atoms with Crippen LogP contribution in [0.4, 0.5) is 0 Å². The molecule has 112 valence electrons. The van der Waals surface area contributed by atoms with Crippen LogP contribution in [-0.4, -0.2) is 47.1 Å². The SMILES string of the molecule is CCCN(CCC)C(C)C(=O)NC(C(=O)O)C(C)C. The van der Waals surface area contributed by atoms with Crippen molar-refractivity contribution >= 4 is 11.9 Å². The van der Waals surface area contributed by atoms with Crippen LogP contribution in [0.3, 0.4) is 0 Å². The Kier molecular flexibility index (Phi) is 8.39. The number of amides is 1. The molecule has 19 heavy (non-hydrogen) atoms. The number of nitrogens with one attached hydrogen (secondary N) is 1. The summed E-state index contributed by atoms with van der Waals surface area (Å²) in [5.41, 5.74) is 0. The van der Waals surface area contributed by atoms with Crippen LogP contribution in [0.25, 0.3) is 0 Å². The molecule has 0 aliphatic carbocycles. The van der Waals surface area contributed by atoms with Crippen molar-refractivity contribution in [1.82, 2.24) is 10.2 Å². The average Bonchev–Trinajstić information content (AvgIpc) is 2.33. The Morgan fingerprint density at radius 2 is 1.58 bits per heavy atom. The Morgan fingerprint density at radius 3 is 1.89 bits per heavy atom. The number of carboxylic acids is 1. The van der Waals surface area contributed by atoms with Crippen LogP contribution in [0, 0.1) is 5.92 Å². The molecular weight excluding hydrogens is 244 g/mol. The second-order valence-electron chi connectivity index (χ2n) is 5.28. The summed E-state index contributed by atoms with van der Waals surface area (Å²) in [6.07, 6.45) is 1.95. The number of hydrogen-bond acceptors (Lipinski definition) is 3. The third kappa shape index (κ3) is 6.05. The molecular formula is C14H28N2O3. The van der Waals surface area contributed by atoms with Gasteiger partial charge in [-0.3, -0.25) is 9.69 Å². The first kappa shape index (κ1) is 17.9. The van der Waals surface area contributed by atoms with Gasteiger partial charge in [-0.2, -0.15) is 0 Å². The van der Waals surface area contributed by atoms with Crippen LogP contribution in [-0.2, 0) is 9.59 Å². The maximum Gasteiger partial charge on any atom is 0.326 e. The zero-order valence-electron chi connectivity index (χ0n) is 12.8. The molecule has 0 aromatic heterocycles. The summed E-state index contributed by atoms with van der Waals surface area (Å²) in [6, 6.07) is -1.11. The van der Waals surface area contributed by atoms with E-state index in [-0.39, 0.29) is 17.9 Å². The lowest BCUT2D eigenvalue weighted by Crippen LogP contribution is -2.52. The minimum atomic E-state index is -0.979. The predicted octanol–water partition coefficient (Wildman–Crippen LogP) is 1.72. The van der Waals surface area contributed by atoms with Gasteiger partial charge >= 0.3 is 5.97 Å². The summed E-state index contributed by atoms with van der Waals surface area (Å²) < 4.78 is 0. The van der Waals surface area contributed by atoms with Gasteiger partial charge in [0.1, 0.15) is 6.04 Å². The van der Waals surface area contributed by atoms with Crippen LogP contribution >= 0.6 is 0 Å². The molecule has 0 heterocycles. The monoisotopic (exact) mass is 272 g/mol. The molecule has 2 N–H and O–H groups in total. The second-order valence-corrected chi connectivity index (χ2v) is 5.28. The molecule has 0 aliphatic rings. The summed E-state index contributed by atoms with van der Waals surface area (Å²) in [6.45, 7) is 11.3. The van der Waals surface area contributed by atoms with E-state index in [0.29, 0.717) is 0 Å². The van der Waals surface area contributed by atoms with Crippen LogP contribution in [0.15, 0.2) is 0 Å². The Morgan fingerprint density at radius 1 is 1.11 bits per heavy atom. The molecule has 0 saturated carbocycles. The average molecular weight is 272 g/mol. The van der Waals surface area contributed by atoms with Gasteiger partial charge in [0.05, 0.1) is 6.04 Å². The van der Waals surface area contributed by atoms with Gasteiger partial charge in [0, 0.05) is 0 Å². The van der Waals surface area contributed by atoms with Crippen LogP contribution in [0.1, 0.15) is 47.5 Å². The van der Waals surface area contributed by atoms with Gasteiger partial charge in [-0.25, -0.2) is 4.79 Å². The molecule has 0 bridgehead atoms. The van der Waals surface area contributed by atoms with Gasteiger partial charge in [-0.15, -0.1) is 0 Å². The van der Waals surface area contributed by atoms with E-state index in [9.17, 15) is 9.59 Å². The molecule has 0 spiro atoms. The highest BCUT2D eigenvalue weighted by atomic mass is 16.4. The number of carbonyl (C=O) groups excluding carboxylic acids is 1. The summed E-state index contributed by atoms with van der Waals surface area (Å²) in [5, 5.41) is 11.7. The molecule has 0 aromatic carbocycles. The third-order valence-corrected chi connectivity index (χ3v) is 3.18. The Balaban J connectivity index is 4.64. The van der Waals surface area contributed by atoms with E-state index < -0.39 is 12.0 Å². The Bertz CT molecular complexity index is 286. The number of aliphatic carboxylic acids is 1. The highest BCUT2D eigenvalue weighted by molar-refractivity contribution is 5.86. The predicted molar refractivity (Wildman–Crippen MR) is 76.0 cm³/mol. The minimum Gasteiger partial charge on any atom is -0.480 e. The summed E-state index contributed by atoms with van der Waals surface area (Å²) in [5.74, 6) is -1.31. The summed E-state index contributed by atoms with van der Waals surface area (Å²) in [7, 11) is 0. The number of carbonyl (C=O) groups is 2. The maximum absolute atomic E-state index is 12.1. The van der Waals surface area contributed by atoms with Crippen molar-refractivity contribution in [2.75, 3.05) is 13.1 Å². The number of nitrogens with zero attached hydrogens (tertiary/aromatic N) is 1. The number of carboxylic acid groups (broad SMARTS) is 1. The van der Waals surface area contributed by atoms with Crippen molar-refractivity contribution in [1.29, 1.82) is 0 Å². The molecule has 0 aromatic rings. The quantitative estimate of drug-likeness (QED) is 0.670. The second kappa shape index (κ2) is 8.91. The molecule has 5 heteroatoms. The molecule has 0 radical (unpaired) electrons. The van der Waals surface area contributed by atoms with Crippen molar-refractivity contribution < 1.29 is 14.7 Å². The van der Waals surface area contributed by atoms with E-state index in [0.717, 1.165) is 25.9 Å². The largest absolute Gasteiger partial charge is 0.480 e. The highest BCUT2D eigenvalue weighted by Crippen LogP contribution is 2.06. The lowest BCUT2D eigenvalue weighted by atomic mass is 10.0. The molecule has 2 atom stereocenters. The summed E-state index contributed by atoms with van der Waals surface area (Å²) >= 11 is 0. The van der Waals surface area contributed by atoms with Gasteiger partial charge in [0.25, 0.3) is 0 Å². The minimum absolute atomic E-state index is 0.126. The number of hydrogen-bond donors (Lipinski definition) is 2. The van der Waals surface area contributed by atoms with E-state index in [1.54, 1.807) is 13.8 Å². The molecule has 0 aliphatic heterocycles. The van der Waals surface area contributed by atoms with E-state index in [1.165, 1.54) is 0 Å². The van der Waals surface area contributed by atoms with E-state index >= 15 is 0 Å². The first-order valence-corrected chi connectivity index (χ1v) is 7.12. The fourth-order valence-corrected chi connectivity index (χ4v) is 2.03. The zero-order valence-corrected chi connectivity index (χ0v) is 12.8. The van der Waals surface area contributed by atoms with E-state index in [1.807, 2.05) is 6.92 Å². The van der Waals surface area contributed by atoms with E-state index in [2.05, 4.69) is 24.1 Å². The van der Waals surface area contributed by atoms with E-state index in [4.69, 9.17) is 5.11 Å². The van der Waals surface area contributed by atoms with Gasteiger partial charge in [0.15, 0.2) is 0 Å². The van der Waals surface area contributed by atoms with Crippen LogP contribution < -0.4 is 5.32 Å². The first-order chi connectivity index (χ1) is 8.84. The van der Waals surface area contributed by atoms with Gasteiger partial charge in [0.2, 0.25) is 5.91 Å². The number of rotatable bonds is 9. The summed E-state index contributed by atoms with van der Waals surface area (Å²) in [4.78, 5) is 25.3. The fourth-order valence-electron chi connectivity index (χ4n) is 2.03. The van der Waals surface area contributed by atoms with Crippen LogP contribution in [0.2, 0.25) is 0 Å². The standard InChI is InChI=1S/C14H28N2O3/c1-6-8-16(9-7-2)11(5)13(17)15-12(10(3)4)14(18)19/h10-12H,6-9H2,1-5H3,(H,15,17)(H,18,19). The zero-order chi connectivity index (χ0) is 15.0. The fraction of sp³-hybridized carbons (Fsp3) is 0.857. The first-order valence-electron chi connectivity index (χ1n) is 7.12. The molecule has 5 nitrogen and oxygen atoms in total. The maximum atomic E-state index is 12.1. The van der Waals surface area contributed by atoms with Crippen LogP contribution in [0.5, 0.6) is 0 Å². The Labute approximate surface area is 116 Å². The topological polar surface area (TPSA) is 69.6 Å². The van der Waals surface area contributed by atoms with Crippen molar-refractivity contribution in [2.45, 2.75) is 59.5 Å². The van der Waals surface area contributed by atoms with Gasteiger partial charge in [-0.1, -0.05) is 27.7 Å². The molecule has 0 rings (SSSR count). The smallest absolute Gasteiger partial charge is 0.326 e. The highest BCUT2D eigenvalue weighted by Gasteiger charge is 2.27. The third-order valence-electron chi connectivity index (χ3n) is 3.18.